The molecule has 0 saturated carbocycles. The molecule has 4 N–H and O–H groups in total. The number of hydrogen-bond acceptors (Lipinski definition) is 5. The van der Waals surface area contributed by atoms with Crippen molar-refractivity contribution in [2.75, 3.05) is 10.1 Å². The van der Waals surface area contributed by atoms with Gasteiger partial charge in [0.2, 0.25) is 0 Å². The van der Waals surface area contributed by atoms with Gasteiger partial charge in [-0.05, 0) is 31.2 Å². The number of rotatable bonds is 4. The normalized spacial score (nSPS) is 11.1. The minimum Gasteiger partial charge on any atom is -0.307 e. The fraction of sp³-hybridized carbons (Fsp3) is 0.0833. The van der Waals surface area contributed by atoms with Crippen molar-refractivity contribution in [1.29, 1.82) is 0 Å². The number of aryl methyl sites for hydroxylation is 1. The first-order valence-electron chi connectivity index (χ1n) is 5.54. The molecule has 0 saturated heterocycles. The lowest BCUT2D eigenvalue weighted by atomic mass is 10.2. The van der Waals surface area contributed by atoms with Gasteiger partial charge in [-0.25, -0.2) is 19.2 Å². The molecule has 2 aromatic rings. The molecule has 0 atom stereocenters. The van der Waals surface area contributed by atoms with Crippen molar-refractivity contribution < 1.29 is 8.42 Å². The number of nitrogen functional groups attached to an aromatic ring is 1. The van der Waals surface area contributed by atoms with E-state index in [0.29, 0.717) is 5.69 Å². The molecular weight excluding hydrogens is 264 g/mol. The van der Waals surface area contributed by atoms with E-state index in [0.717, 1.165) is 5.56 Å². The number of anilines is 2. The van der Waals surface area contributed by atoms with E-state index in [-0.39, 0.29) is 10.7 Å². The highest BCUT2D eigenvalue weighted by molar-refractivity contribution is 7.92. The zero-order valence-corrected chi connectivity index (χ0v) is 11.1. The summed E-state index contributed by atoms with van der Waals surface area (Å²) in [6.45, 7) is 1.93. The Labute approximate surface area is 111 Å². The first kappa shape index (κ1) is 13.3. The predicted octanol–water partition coefficient (Wildman–Crippen LogP) is 1.48. The lowest BCUT2D eigenvalue weighted by Gasteiger charge is -2.11. The molecule has 1 aromatic carbocycles. The van der Waals surface area contributed by atoms with E-state index in [4.69, 9.17) is 5.84 Å². The van der Waals surface area contributed by atoms with Crippen LogP contribution in [-0.2, 0) is 10.0 Å². The summed E-state index contributed by atoms with van der Waals surface area (Å²) in [6, 6.07) is 9.99. The van der Waals surface area contributed by atoms with Crippen LogP contribution in [0, 0.1) is 6.92 Å². The summed E-state index contributed by atoms with van der Waals surface area (Å²) in [5.74, 6) is 5.36. The number of aromatic nitrogens is 1. The third-order valence-corrected chi connectivity index (χ3v) is 3.91. The average Bonchev–Trinajstić information content (AvgIpc) is 2.41. The molecular formula is C12H14N4O2S. The Morgan fingerprint density at radius 3 is 2.47 bits per heavy atom. The number of pyridine rings is 1. The van der Waals surface area contributed by atoms with Gasteiger partial charge in [-0.3, -0.25) is 4.72 Å². The number of hydrogen-bond donors (Lipinski definition) is 3. The highest BCUT2D eigenvalue weighted by Crippen LogP contribution is 2.20. The number of sulfonamides is 1. The number of hydrazine groups is 1. The molecule has 0 fully saturated rings. The second-order valence-corrected chi connectivity index (χ2v) is 5.62. The molecule has 0 spiro atoms. The van der Waals surface area contributed by atoms with E-state index in [1.165, 1.54) is 18.3 Å². The Balaban J connectivity index is 2.35. The van der Waals surface area contributed by atoms with Gasteiger partial charge in [0.05, 0.1) is 0 Å². The highest BCUT2D eigenvalue weighted by Gasteiger charge is 2.18. The smallest absolute Gasteiger partial charge is 0.265 e. The fourth-order valence-corrected chi connectivity index (χ4v) is 2.73. The predicted molar refractivity (Wildman–Crippen MR) is 74.0 cm³/mol. The third-order valence-electron chi connectivity index (χ3n) is 2.50. The SMILES string of the molecule is Cc1ccc(NS(=O)(=O)c2cccnc2NN)cc1. The molecule has 0 aliphatic rings. The summed E-state index contributed by atoms with van der Waals surface area (Å²) in [6.07, 6.45) is 1.46. The summed E-state index contributed by atoms with van der Waals surface area (Å²) >= 11 is 0. The molecule has 0 aliphatic heterocycles. The molecule has 0 unspecified atom stereocenters. The van der Waals surface area contributed by atoms with Crippen LogP contribution in [0.15, 0.2) is 47.5 Å². The minimum absolute atomic E-state index is 0.00178. The lowest BCUT2D eigenvalue weighted by molar-refractivity contribution is 0.601. The summed E-state index contributed by atoms with van der Waals surface area (Å²) in [5, 5.41) is 0. The van der Waals surface area contributed by atoms with E-state index < -0.39 is 10.0 Å². The monoisotopic (exact) mass is 278 g/mol. The topological polar surface area (TPSA) is 97.1 Å². The van der Waals surface area contributed by atoms with Crippen molar-refractivity contribution in [3.8, 4) is 0 Å². The van der Waals surface area contributed by atoms with Crippen molar-refractivity contribution in [2.45, 2.75) is 11.8 Å². The van der Waals surface area contributed by atoms with Crippen LogP contribution >= 0.6 is 0 Å². The Morgan fingerprint density at radius 2 is 1.84 bits per heavy atom. The van der Waals surface area contributed by atoms with Crippen LogP contribution < -0.4 is 16.0 Å². The van der Waals surface area contributed by atoms with Crippen molar-refractivity contribution in [3.63, 3.8) is 0 Å². The van der Waals surface area contributed by atoms with Crippen molar-refractivity contribution in [2.24, 2.45) is 5.84 Å². The summed E-state index contributed by atoms with van der Waals surface area (Å²) < 4.78 is 26.9. The number of nitrogens with one attached hydrogen (secondary N) is 2. The molecule has 2 rings (SSSR count). The van der Waals surface area contributed by atoms with Crippen molar-refractivity contribution in [3.05, 3.63) is 48.2 Å². The van der Waals surface area contributed by atoms with Gasteiger partial charge >= 0.3 is 0 Å². The first-order valence-corrected chi connectivity index (χ1v) is 7.02. The minimum atomic E-state index is -3.72. The van der Waals surface area contributed by atoms with Crippen LogP contribution in [-0.4, -0.2) is 13.4 Å². The lowest BCUT2D eigenvalue weighted by Crippen LogP contribution is -2.18. The molecule has 7 heteroatoms. The maximum Gasteiger partial charge on any atom is 0.265 e. The van der Waals surface area contributed by atoms with Crippen LogP contribution in [0.5, 0.6) is 0 Å². The standard InChI is InChI=1S/C12H14N4O2S/c1-9-4-6-10(7-5-9)16-19(17,18)11-3-2-8-14-12(11)15-13/h2-8,16H,13H2,1H3,(H,14,15). The molecule has 1 heterocycles. The molecule has 6 nitrogen and oxygen atoms in total. The van der Waals surface area contributed by atoms with E-state index in [9.17, 15) is 8.42 Å². The zero-order chi connectivity index (χ0) is 13.9. The van der Waals surface area contributed by atoms with Gasteiger partial charge in [-0.15, -0.1) is 0 Å². The molecule has 19 heavy (non-hydrogen) atoms. The van der Waals surface area contributed by atoms with Crippen LogP contribution in [0.2, 0.25) is 0 Å². The third kappa shape index (κ3) is 3.01. The van der Waals surface area contributed by atoms with Crippen LogP contribution in [0.3, 0.4) is 0 Å². The van der Waals surface area contributed by atoms with Gasteiger partial charge < -0.3 is 5.43 Å². The van der Waals surface area contributed by atoms with E-state index in [2.05, 4.69) is 15.1 Å². The fourth-order valence-electron chi connectivity index (χ4n) is 1.55. The van der Waals surface area contributed by atoms with E-state index in [1.807, 2.05) is 19.1 Å². The summed E-state index contributed by atoms with van der Waals surface area (Å²) in [4.78, 5) is 3.86. The van der Waals surface area contributed by atoms with E-state index >= 15 is 0 Å². The maximum atomic E-state index is 12.2. The first-order chi connectivity index (χ1) is 9.03. The van der Waals surface area contributed by atoms with Gasteiger partial charge in [0, 0.05) is 11.9 Å². The van der Waals surface area contributed by atoms with Gasteiger partial charge in [0.25, 0.3) is 10.0 Å². The highest BCUT2D eigenvalue weighted by atomic mass is 32.2. The van der Waals surface area contributed by atoms with Crippen LogP contribution in [0.25, 0.3) is 0 Å². The maximum absolute atomic E-state index is 12.2. The van der Waals surface area contributed by atoms with Crippen molar-refractivity contribution >= 4 is 21.5 Å². The molecule has 0 radical (unpaired) electrons. The zero-order valence-electron chi connectivity index (χ0n) is 10.3. The molecule has 100 valence electrons. The van der Waals surface area contributed by atoms with Gasteiger partial charge in [0.1, 0.15) is 4.90 Å². The Hall–Kier alpha value is -2.12. The molecule has 0 aliphatic carbocycles. The quantitative estimate of drug-likeness (QED) is 0.581. The van der Waals surface area contributed by atoms with Gasteiger partial charge in [0.15, 0.2) is 5.82 Å². The second-order valence-electron chi connectivity index (χ2n) is 3.97. The van der Waals surface area contributed by atoms with Crippen molar-refractivity contribution in [1.82, 2.24) is 4.98 Å². The van der Waals surface area contributed by atoms with Gasteiger partial charge in [-0.2, -0.15) is 0 Å². The largest absolute Gasteiger partial charge is 0.307 e. The average molecular weight is 278 g/mol. The Bertz CT molecular complexity index is 668. The number of nitrogens with zero attached hydrogens (tertiary/aromatic N) is 1. The molecule has 0 amide bonds. The number of benzene rings is 1. The Morgan fingerprint density at radius 1 is 1.16 bits per heavy atom. The van der Waals surface area contributed by atoms with E-state index in [1.54, 1.807) is 12.1 Å². The molecule has 0 bridgehead atoms. The second kappa shape index (κ2) is 5.25. The van der Waals surface area contributed by atoms with Crippen LogP contribution in [0.1, 0.15) is 5.56 Å². The summed E-state index contributed by atoms with van der Waals surface area (Å²) in [7, 11) is -3.72. The van der Waals surface area contributed by atoms with Gasteiger partial charge in [-0.1, -0.05) is 17.7 Å². The summed E-state index contributed by atoms with van der Waals surface area (Å²) in [5.41, 5.74) is 3.80. The number of nitrogens with two attached hydrogens (primary N) is 1. The Kier molecular flexibility index (Phi) is 3.68. The molecule has 1 aromatic heterocycles. The van der Waals surface area contributed by atoms with Crippen LogP contribution in [0.4, 0.5) is 11.5 Å².